The fourth-order valence-corrected chi connectivity index (χ4v) is 5.08. The van der Waals surface area contributed by atoms with E-state index in [-0.39, 0.29) is 12.1 Å². The molecule has 4 rings (SSSR count). The predicted molar refractivity (Wildman–Crippen MR) is 149 cm³/mol. The molecule has 1 unspecified atom stereocenters. The van der Waals surface area contributed by atoms with E-state index in [0.717, 1.165) is 28.8 Å². The summed E-state index contributed by atoms with van der Waals surface area (Å²) in [4.78, 5) is 14.1. The number of hydrazine groups is 1. The van der Waals surface area contributed by atoms with Crippen LogP contribution in [0.3, 0.4) is 0 Å². The summed E-state index contributed by atoms with van der Waals surface area (Å²) in [6, 6.07) is 30.8. The summed E-state index contributed by atoms with van der Waals surface area (Å²) in [6.45, 7) is 3.71. The van der Waals surface area contributed by atoms with Crippen molar-refractivity contribution in [3.05, 3.63) is 129 Å². The van der Waals surface area contributed by atoms with E-state index in [1.54, 1.807) is 28.5 Å². The van der Waals surface area contributed by atoms with Crippen molar-refractivity contribution in [3.8, 4) is 0 Å². The van der Waals surface area contributed by atoms with E-state index >= 15 is 0 Å². The standard InChI is InChI=1S/C31H34N2O3S/c1-23-8-19-30(37-23)29(21-33(32)20-26-15-17-28(18-16-26)31(34)35-2)36-22-27-13-11-25(12-14-27)10-9-24-6-4-3-5-7-24/h3-8,11-19,29H,9-10,20-22,32H2,1-2H3. The lowest BCUT2D eigenvalue weighted by Gasteiger charge is -2.24. The van der Waals surface area contributed by atoms with Crippen molar-refractivity contribution < 1.29 is 14.3 Å². The van der Waals surface area contributed by atoms with Crippen molar-refractivity contribution in [3.63, 3.8) is 0 Å². The minimum atomic E-state index is -0.345. The number of thiophene rings is 1. The van der Waals surface area contributed by atoms with E-state index in [1.807, 2.05) is 12.1 Å². The van der Waals surface area contributed by atoms with E-state index in [1.165, 1.54) is 23.1 Å². The molecule has 1 atom stereocenters. The smallest absolute Gasteiger partial charge is 0.337 e. The van der Waals surface area contributed by atoms with Crippen LogP contribution >= 0.6 is 11.3 Å². The Labute approximate surface area is 223 Å². The highest BCUT2D eigenvalue weighted by Gasteiger charge is 2.18. The van der Waals surface area contributed by atoms with Crippen LogP contribution in [0.1, 0.15) is 48.5 Å². The first-order valence-corrected chi connectivity index (χ1v) is 13.3. The van der Waals surface area contributed by atoms with E-state index < -0.39 is 0 Å². The normalized spacial score (nSPS) is 12.0. The number of methoxy groups -OCH3 is 1. The zero-order valence-electron chi connectivity index (χ0n) is 21.4. The molecule has 0 aliphatic heterocycles. The van der Waals surface area contributed by atoms with Crippen molar-refractivity contribution in [2.45, 2.75) is 39.0 Å². The molecule has 0 aliphatic carbocycles. The molecule has 5 nitrogen and oxygen atoms in total. The Morgan fingerprint density at radius 1 is 0.838 bits per heavy atom. The largest absolute Gasteiger partial charge is 0.465 e. The first-order valence-electron chi connectivity index (χ1n) is 12.5. The van der Waals surface area contributed by atoms with Gasteiger partial charge in [-0.15, -0.1) is 11.3 Å². The van der Waals surface area contributed by atoms with Gasteiger partial charge in [0.2, 0.25) is 0 Å². The first-order chi connectivity index (χ1) is 18.0. The maximum Gasteiger partial charge on any atom is 0.337 e. The van der Waals surface area contributed by atoms with Crippen molar-refractivity contribution in [1.82, 2.24) is 5.01 Å². The van der Waals surface area contributed by atoms with Gasteiger partial charge in [0.05, 0.1) is 19.3 Å². The zero-order chi connectivity index (χ0) is 26.0. The van der Waals surface area contributed by atoms with E-state index in [4.69, 9.17) is 15.3 Å². The summed E-state index contributed by atoms with van der Waals surface area (Å²) in [5.41, 5.74) is 5.36. The maximum absolute atomic E-state index is 11.7. The maximum atomic E-state index is 11.7. The van der Waals surface area contributed by atoms with Crippen LogP contribution in [0.5, 0.6) is 0 Å². The first kappa shape index (κ1) is 26.8. The third-order valence-corrected chi connectivity index (χ3v) is 7.35. The van der Waals surface area contributed by atoms with Gasteiger partial charge < -0.3 is 9.47 Å². The molecule has 2 N–H and O–H groups in total. The number of carbonyl (C=O) groups excluding carboxylic acids is 1. The molecule has 0 saturated heterocycles. The number of rotatable bonds is 12. The van der Waals surface area contributed by atoms with Crippen LogP contribution in [0.15, 0.2) is 91.0 Å². The Morgan fingerprint density at radius 3 is 2.08 bits per heavy atom. The highest BCUT2D eigenvalue weighted by atomic mass is 32.1. The second kappa shape index (κ2) is 13.3. The summed E-state index contributed by atoms with van der Waals surface area (Å²) in [7, 11) is 1.38. The molecule has 0 spiro atoms. The average molecular weight is 515 g/mol. The zero-order valence-corrected chi connectivity index (χ0v) is 22.2. The monoisotopic (exact) mass is 514 g/mol. The number of nitrogens with zero attached hydrogens (tertiary/aromatic N) is 1. The minimum Gasteiger partial charge on any atom is -0.465 e. The molecule has 1 aromatic heterocycles. The molecule has 0 radical (unpaired) electrons. The Kier molecular flexibility index (Phi) is 9.63. The molecule has 0 fully saturated rings. The summed E-state index contributed by atoms with van der Waals surface area (Å²) < 4.78 is 11.2. The van der Waals surface area contributed by atoms with Gasteiger partial charge in [-0.3, -0.25) is 5.84 Å². The number of nitrogens with two attached hydrogens (primary N) is 1. The van der Waals surface area contributed by atoms with Crippen LogP contribution < -0.4 is 5.84 Å². The molecule has 6 heteroatoms. The lowest BCUT2D eigenvalue weighted by Crippen LogP contribution is -2.35. The Balaban J connectivity index is 1.34. The summed E-state index contributed by atoms with van der Waals surface area (Å²) in [5, 5.41) is 1.76. The molecular weight excluding hydrogens is 480 g/mol. The van der Waals surface area contributed by atoms with Crippen LogP contribution in [-0.4, -0.2) is 24.6 Å². The Morgan fingerprint density at radius 2 is 1.46 bits per heavy atom. The third-order valence-electron chi connectivity index (χ3n) is 6.26. The lowest BCUT2D eigenvalue weighted by molar-refractivity contribution is 0.0139. The number of benzene rings is 3. The van der Waals surface area contributed by atoms with Crippen LogP contribution in [0.2, 0.25) is 0 Å². The summed E-state index contributed by atoms with van der Waals surface area (Å²) >= 11 is 1.74. The quantitative estimate of drug-likeness (QED) is 0.137. The lowest BCUT2D eigenvalue weighted by atomic mass is 10.0. The summed E-state index contributed by atoms with van der Waals surface area (Å²) in [5.74, 6) is 6.07. The topological polar surface area (TPSA) is 64.8 Å². The molecule has 0 bridgehead atoms. The Hall–Kier alpha value is -3.29. The highest BCUT2D eigenvalue weighted by Crippen LogP contribution is 2.27. The molecule has 0 saturated carbocycles. The molecule has 1 heterocycles. The van der Waals surface area contributed by atoms with Gasteiger partial charge in [0, 0.05) is 22.8 Å². The molecule has 3 aromatic carbocycles. The number of carbonyl (C=O) groups is 1. The van der Waals surface area contributed by atoms with Gasteiger partial charge in [-0.05, 0) is 66.3 Å². The highest BCUT2D eigenvalue weighted by molar-refractivity contribution is 7.12. The van der Waals surface area contributed by atoms with Gasteiger partial charge in [0.15, 0.2) is 0 Å². The minimum absolute atomic E-state index is 0.143. The van der Waals surface area contributed by atoms with Gasteiger partial charge in [-0.25, -0.2) is 9.80 Å². The van der Waals surface area contributed by atoms with Crippen molar-refractivity contribution in [2.24, 2.45) is 5.84 Å². The average Bonchev–Trinajstić information content (AvgIpc) is 3.37. The van der Waals surface area contributed by atoms with Gasteiger partial charge in [-0.2, -0.15) is 0 Å². The second-order valence-electron chi connectivity index (χ2n) is 9.17. The van der Waals surface area contributed by atoms with Crippen LogP contribution in [0.25, 0.3) is 0 Å². The van der Waals surface area contributed by atoms with Crippen LogP contribution in [0, 0.1) is 6.92 Å². The molecular formula is C31H34N2O3S. The van der Waals surface area contributed by atoms with Gasteiger partial charge in [-0.1, -0.05) is 66.7 Å². The second-order valence-corrected chi connectivity index (χ2v) is 10.5. The number of hydrogen-bond donors (Lipinski definition) is 1. The van der Waals surface area contributed by atoms with Gasteiger partial charge >= 0.3 is 5.97 Å². The fourth-order valence-electron chi connectivity index (χ4n) is 4.16. The predicted octanol–water partition coefficient (Wildman–Crippen LogP) is 6.26. The van der Waals surface area contributed by atoms with E-state index in [0.29, 0.717) is 25.3 Å². The molecule has 192 valence electrons. The molecule has 4 aromatic rings. The fraction of sp³-hybridized carbons (Fsp3) is 0.258. The SMILES string of the molecule is COC(=O)c1ccc(CN(N)CC(OCc2ccc(CCc3ccccc3)cc2)c2ccc(C)s2)cc1. The third kappa shape index (κ3) is 8.10. The Bertz CT molecular complexity index is 1250. The number of ether oxygens (including phenoxy) is 2. The number of hydrogen-bond acceptors (Lipinski definition) is 6. The van der Waals surface area contributed by atoms with E-state index in [2.05, 4.69) is 73.7 Å². The van der Waals surface area contributed by atoms with Crippen LogP contribution in [0.4, 0.5) is 0 Å². The summed E-state index contributed by atoms with van der Waals surface area (Å²) in [6.07, 6.45) is 1.91. The molecule has 0 aliphatic rings. The molecule has 0 amide bonds. The molecule has 37 heavy (non-hydrogen) atoms. The van der Waals surface area contributed by atoms with Crippen LogP contribution in [-0.2, 0) is 35.5 Å². The van der Waals surface area contributed by atoms with Crippen molar-refractivity contribution in [2.75, 3.05) is 13.7 Å². The van der Waals surface area contributed by atoms with Crippen molar-refractivity contribution >= 4 is 17.3 Å². The van der Waals surface area contributed by atoms with E-state index in [9.17, 15) is 4.79 Å². The van der Waals surface area contributed by atoms with Crippen molar-refractivity contribution in [1.29, 1.82) is 0 Å². The number of esters is 1. The van der Waals surface area contributed by atoms with Gasteiger partial charge in [0.1, 0.15) is 6.10 Å². The number of aryl methyl sites for hydroxylation is 3. The van der Waals surface area contributed by atoms with Gasteiger partial charge in [0.25, 0.3) is 0 Å².